The van der Waals surface area contributed by atoms with Gasteiger partial charge in [0.1, 0.15) is 5.75 Å². The van der Waals surface area contributed by atoms with Crippen molar-refractivity contribution in [2.24, 2.45) is 11.7 Å². The second kappa shape index (κ2) is 4.59. The Balaban J connectivity index is 1.84. The van der Waals surface area contributed by atoms with Crippen LogP contribution in [-0.4, -0.2) is 25.6 Å². The van der Waals surface area contributed by atoms with Gasteiger partial charge in [-0.2, -0.15) is 0 Å². The number of hydrogen-bond acceptors (Lipinski definition) is 4. The van der Waals surface area contributed by atoms with Crippen molar-refractivity contribution in [3.63, 3.8) is 0 Å². The fourth-order valence-corrected chi connectivity index (χ4v) is 2.56. The highest BCUT2D eigenvalue weighted by molar-refractivity contribution is 5.95. The first kappa shape index (κ1) is 11.5. The third kappa shape index (κ3) is 2.07. The predicted octanol–water partition coefficient (Wildman–Crippen LogP) is 0.627. The largest absolute Gasteiger partial charge is 0.482 e. The maximum Gasteiger partial charge on any atom is 0.262 e. The zero-order chi connectivity index (χ0) is 12.5. The number of fused-ring (bicyclic) bond motifs is 1. The summed E-state index contributed by atoms with van der Waals surface area (Å²) in [6.45, 7) is 2.08. The number of nitrogens with two attached hydrogens (primary N) is 1. The molecule has 1 fully saturated rings. The lowest BCUT2D eigenvalue weighted by atomic mass is 9.92. The van der Waals surface area contributed by atoms with E-state index in [1.165, 1.54) is 0 Å². The number of amides is 1. The van der Waals surface area contributed by atoms with Crippen LogP contribution < -0.4 is 21.1 Å². The van der Waals surface area contributed by atoms with Crippen LogP contribution in [0.1, 0.15) is 18.0 Å². The van der Waals surface area contributed by atoms with Crippen molar-refractivity contribution in [1.29, 1.82) is 0 Å². The molecule has 1 amide bonds. The highest BCUT2D eigenvalue weighted by Crippen LogP contribution is 2.32. The number of nitrogens with one attached hydrogen (secondary N) is 2. The van der Waals surface area contributed by atoms with E-state index in [-0.39, 0.29) is 18.6 Å². The summed E-state index contributed by atoms with van der Waals surface area (Å²) in [6, 6.07) is 5.80. The van der Waals surface area contributed by atoms with Gasteiger partial charge in [0.2, 0.25) is 0 Å². The fourth-order valence-electron chi connectivity index (χ4n) is 2.56. The van der Waals surface area contributed by atoms with Gasteiger partial charge in [-0.15, -0.1) is 0 Å². The van der Waals surface area contributed by atoms with Gasteiger partial charge in [-0.05, 0) is 43.1 Å². The first-order chi connectivity index (χ1) is 8.74. The van der Waals surface area contributed by atoms with E-state index in [0.29, 0.717) is 5.92 Å². The molecule has 2 aliphatic rings. The molecule has 0 aliphatic carbocycles. The molecule has 0 saturated carbocycles. The average Bonchev–Trinajstić information content (AvgIpc) is 2.90. The Labute approximate surface area is 106 Å². The maximum atomic E-state index is 11.3. The molecular formula is C13H17N3O2. The third-order valence-electron chi connectivity index (χ3n) is 3.63. The number of rotatable bonds is 2. The summed E-state index contributed by atoms with van der Waals surface area (Å²) in [6.07, 6.45) is 1.10. The Morgan fingerprint density at radius 3 is 3.11 bits per heavy atom. The van der Waals surface area contributed by atoms with E-state index >= 15 is 0 Å². The van der Waals surface area contributed by atoms with E-state index in [1.807, 2.05) is 18.2 Å². The number of ether oxygens (including phenoxy) is 1. The normalized spacial score (nSPS) is 24.1. The molecule has 0 spiro atoms. The first-order valence-electron chi connectivity index (χ1n) is 6.27. The summed E-state index contributed by atoms with van der Waals surface area (Å²) < 4.78 is 5.33. The molecule has 0 bridgehead atoms. The summed E-state index contributed by atoms with van der Waals surface area (Å²) in [5.74, 6) is 1.06. The highest BCUT2D eigenvalue weighted by atomic mass is 16.5. The van der Waals surface area contributed by atoms with Crippen molar-refractivity contribution in [1.82, 2.24) is 5.32 Å². The van der Waals surface area contributed by atoms with E-state index < -0.39 is 0 Å². The van der Waals surface area contributed by atoms with Crippen LogP contribution in [-0.2, 0) is 4.79 Å². The van der Waals surface area contributed by atoms with Crippen LogP contribution in [0.25, 0.3) is 0 Å². The molecule has 3 rings (SSSR count). The van der Waals surface area contributed by atoms with Gasteiger partial charge in [-0.3, -0.25) is 4.79 Å². The van der Waals surface area contributed by atoms with Crippen molar-refractivity contribution in [2.45, 2.75) is 12.5 Å². The predicted molar refractivity (Wildman–Crippen MR) is 68.5 cm³/mol. The fraction of sp³-hybridized carbons (Fsp3) is 0.462. The molecule has 2 atom stereocenters. The van der Waals surface area contributed by atoms with Gasteiger partial charge in [-0.1, -0.05) is 6.07 Å². The Bertz CT molecular complexity index is 469. The van der Waals surface area contributed by atoms with Crippen LogP contribution in [0.2, 0.25) is 0 Å². The van der Waals surface area contributed by atoms with Crippen LogP contribution in [0.5, 0.6) is 5.75 Å². The molecule has 1 saturated heterocycles. The van der Waals surface area contributed by atoms with E-state index in [9.17, 15) is 4.79 Å². The van der Waals surface area contributed by atoms with Crippen molar-refractivity contribution in [3.8, 4) is 5.75 Å². The lowest BCUT2D eigenvalue weighted by Gasteiger charge is -2.22. The topological polar surface area (TPSA) is 76.4 Å². The summed E-state index contributed by atoms with van der Waals surface area (Å²) in [5.41, 5.74) is 8.05. The molecule has 5 nitrogen and oxygen atoms in total. The van der Waals surface area contributed by atoms with Crippen LogP contribution in [0.3, 0.4) is 0 Å². The molecule has 4 N–H and O–H groups in total. The molecule has 1 aromatic carbocycles. The number of benzene rings is 1. The van der Waals surface area contributed by atoms with Crippen LogP contribution in [0.15, 0.2) is 18.2 Å². The number of hydrogen-bond donors (Lipinski definition) is 3. The Morgan fingerprint density at radius 1 is 1.44 bits per heavy atom. The summed E-state index contributed by atoms with van der Waals surface area (Å²) in [4.78, 5) is 11.3. The van der Waals surface area contributed by atoms with Gasteiger partial charge in [0.25, 0.3) is 5.91 Å². The van der Waals surface area contributed by atoms with E-state index in [0.717, 1.165) is 36.5 Å². The molecule has 0 radical (unpaired) electrons. The van der Waals surface area contributed by atoms with E-state index in [4.69, 9.17) is 10.5 Å². The molecule has 18 heavy (non-hydrogen) atoms. The van der Waals surface area contributed by atoms with Gasteiger partial charge in [0.05, 0.1) is 5.69 Å². The van der Waals surface area contributed by atoms with E-state index in [1.54, 1.807) is 0 Å². The van der Waals surface area contributed by atoms with Crippen molar-refractivity contribution < 1.29 is 9.53 Å². The molecule has 1 aromatic rings. The summed E-state index contributed by atoms with van der Waals surface area (Å²) in [5, 5.41) is 6.13. The van der Waals surface area contributed by atoms with Gasteiger partial charge in [-0.25, -0.2) is 0 Å². The van der Waals surface area contributed by atoms with Crippen LogP contribution >= 0.6 is 0 Å². The molecule has 5 heteroatoms. The van der Waals surface area contributed by atoms with Crippen molar-refractivity contribution in [2.75, 3.05) is 25.0 Å². The molecule has 2 unspecified atom stereocenters. The Hall–Kier alpha value is -1.59. The minimum atomic E-state index is -0.115. The third-order valence-corrected chi connectivity index (χ3v) is 3.63. The smallest absolute Gasteiger partial charge is 0.262 e. The summed E-state index contributed by atoms with van der Waals surface area (Å²) >= 11 is 0. The number of carbonyl (C=O) groups excluding carboxylic acids is 1. The maximum absolute atomic E-state index is 11.3. The van der Waals surface area contributed by atoms with Gasteiger partial charge in [0.15, 0.2) is 6.61 Å². The Morgan fingerprint density at radius 2 is 2.33 bits per heavy atom. The van der Waals surface area contributed by atoms with Gasteiger partial charge in [0, 0.05) is 6.04 Å². The minimum absolute atomic E-state index is 0.00382. The average molecular weight is 247 g/mol. The zero-order valence-corrected chi connectivity index (χ0v) is 10.1. The second-order valence-corrected chi connectivity index (χ2v) is 4.87. The number of carbonyl (C=O) groups is 1. The standard InChI is InChI=1S/C13H17N3O2/c14-13(9-3-4-15-6-9)8-1-2-11-10(5-8)16-12(17)7-18-11/h1-2,5,9,13,15H,3-4,6-7,14H2,(H,16,17). The van der Waals surface area contributed by atoms with Crippen LogP contribution in [0, 0.1) is 5.92 Å². The lowest BCUT2D eigenvalue weighted by Crippen LogP contribution is -2.27. The van der Waals surface area contributed by atoms with Gasteiger partial charge >= 0.3 is 0 Å². The first-order valence-corrected chi connectivity index (χ1v) is 6.27. The second-order valence-electron chi connectivity index (χ2n) is 4.87. The molecule has 96 valence electrons. The zero-order valence-electron chi connectivity index (χ0n) is 10.1. The molecular weight excluding hydrogens is 230 g/mol. The van der Waals surface area contributed by atoms with Crippen molar-refractivity contribution >= 4 is 11.6 Å². The Kier molecular flexibility index (Phi) is 2.93. The molecule has 0 aromatic heterocycles. The SMILES string of the molecule is NC(c1ccc2c(c1)NC(=O)CO2)C1CCNC1. The highest BCUT2D eigenvalue weighted by Gasteiger charge is 2.24. The quantitative estimate of drug-likeness (QED) is 0.716. The van der Waals surface area contributed by atoms with Crippen LogP contribution in [0.4, 0.5) is 5.69 Å². The van der Waals surface area contributed by atoms with Crippen molar-refractivity contribution in [3.05, 3.63) is 23.8 Å². The minimum Gasteiger partial charge on any atom is -0.482 e. The monoisotopic (exact) mass is 247 g/mol. The lowest BCUT2D eigenvalue weighted by molar-refractivity contribution is -0.118. The van der Waals surface area contributed by atoms with E-state index in [2.05, 4.69) is 10.6 Å². The molecule has 2 aliphatic heterocycles. The summed E-state index contributed by atoms with van der Waals surface area (Å²) in [7, 11) is 0. The van der Waals surface area contributed by atoms with Gasteiger partial charge < -0.3 is 21.1 Å². The number of anilines is 1. The molecule has 2 heterocycles.